The predicted octanol–water partition coefficient (Wildman–Crippen LogP) is 5.31. The van der Waals surface area contributed by atoms with E-state index in [0.29, 0.717) is 0 Å². The second-order valence-corrected chi connectivity index (χ2v) is 4.94. The summed E-state index contributed by atoms with van der Waals surface area (Å²) < 4.78 is 0. The molecule has 0 saturated heterocycles. The molecule has 104 valence electrons. The number of benzene rings is 3. The van der Waals surface area contributed by atoms with Gasteiger partial charge in [-0.1, -0.05) is 54.6 Å². The smallest absolute Gasteiger partial charge is 0.0993 e. The number of fused-ring (bicyclic) bond motifs is 1. The molecular weight excluding hydrogens is 260 g/mol. The Hall–Kier alpha value is -2.52. The zero-order valence-electron chi connectivity index (χ0n) is 11.8. The molecule has 0 aliphatic rings. The molecule has 0 fully saturated rings. The van der Waals surface area contributed by atoms with Gasteiger partial charge in [0.15, 0.2) is 0 Å². The standard InChI is InChI=1S/C18H16N2O/c1-13(21)16-12-11-14-7-5-6-10-17(14)18(16)20-19-15-8-3-2-4-9-15/h2-13,21H,1H3. The van der Waals surface area contributed by atoms with E-state index >= 15 is 0 Å². The lowest BCUT2D eigenvalue weighted by molar-refractivity contribution is 0.200. The molecule has 1 N–H and O–H groups in total. The molecule has 21 heavy (non-hydrogen) atoms. The summed E-state index contributed by atoms with van der Waals surface area (Å²) in [5.41, 5.74) is 2.31. The first kappa shape index (κ1) is 13.5. The fraction of sp³-hybridized carbons (Fsp3) is 0.111. The Balaban J connectivity index is 2.15. The van der Waals surface area contributed by atoms with Gasteiger partial charge in [-0.15, -0.1) is 5.11 Å². The fourth-order valence-electron chi connectivity index (χ4n) is 2.32. The van der Waals surface area contributed by atoms with Crippen molar-refractivity contribution in [3.05, 3.63) is 72.3 Å². The minimum atomic E-state index is -0.584. The van der Waals surface area contributed by atoms with E-state index in [1.807, 2.05) is 66.7 Å². The SMILES string of the molecule is CC(O)c1ccc2ccccc2c1N=Nc1ccccc1. The highest BCUT2D eigenvalue weighted by Gasteiger charge is 2.11. The number of rotatable bonds is 3. The molecule has 1 unspecified atom stereocenters. The van der Waals surface area contributed by atoms with E-state index < -0.39 is 6.10 Å². The normalized spacial score (nSPS) is 12.9. The van der Waals surface area contributed by atoms with Crippen molar-refractivity contribution in [3.63, 3.8) is 0 Å². The summed E-state index contributed by atoms with van der Waals surface area (Å²) in [7, 11) is 0. The second-order valence-electron chi connectivity index (χ2n) is 4.94. The van der Waals surface area contributed by atoms with Crippen molar-refractivity contribution >= 4 is 22.1 Å². The monoisotopic (exact) mass is 276 g/mol. The Kier molecular flexibility index (Phi) is 3.75. The first-order valence-electron chi connectivity index (χ1n) is 6.92. The summed E-state index contributed by atoms with van der Waals surface area (Å²) in [6.45, 7) is 1.74. The second kappa shape index (κ2) is 5.85. The Morgan fingerprint density at radius 3 is 2.29 bits per heavy atom. The molecule has 0 radical (unpaired) electrons. The molecule has 0 aliphatic carbocycles. The van der Waals surface area contributed by atoms with Crippen LogP contribution < -0.4 is 0 Å². The summed E-state index contributed by atoms with van der Waals surface area (Å²) in [5.74, 6) is 0. The van der Waals surface area contributed by atoms with Crippen LogP contribution in [0.1, 0.15) is 18.6 Å². The number of aliphatic hydroxyl groups excluding tert-OH is 1. The summed E-state index contributed by atoms with van der Waals surface area (Å²) in [6.07, 6.45) is -0.584. The molecule has 1 atom stereocenters. The third-order valence-electron chi connectivity index (χ3n) is 3.40. The van der Waals surface area contributed by atoms with Gasteiger partial charge in [-0.25, -0.2) is 0 Å². The van der Waals surface area contributed by atoms with E-state index in [2.05, 4.69) is 10.2 Å². The summed E-state index contributed by atoms with van der Waals surface area (Å²) >= 11 is 0. The van der Waals surface area contributed by atoms with E-state index in [1.165, 1.54) is 0 Å². The van der Waals surface area contributed by atoms with Crippen molar-refractivity contribution < 1.29 is 5.11 Å². The van der Waals surface area contributed by atoms with Crippen LogP contribution in [0.4, 0.5) is 11.4 Å². The largest absolute Gasteiger partial charge is 0.389 e. The van der Waals surface area contributed by atoms with E-state index in [0.717, 1.165) is 27.7 Å². The summed E-state index contributed by atoms with van der Waals surface area (Å²) in [6, 6.07) is 21.5. The van der Waals surface area contributed by atoms with Crippen LogP contribution in [0.2, 0.25) is 0 Å². The highest BCUT2D eigenvalue weighted by atomic mass is 16.3. The first-order valence-corrected chi connectivity index (χ1v) is 6.92. The van der Waals surface area contributed by atoms with Crippen molar-refractivity contribution in [2.45, 2.75) is 13.0 Å². The third-order valence-corrected chi connectivity index (χ3v) is 3.40. The van der Waals surface area contributed by atoms with Gasteiger partial charge in [0.05, 0.1) is 17.5 Å². The number of hydrogen-bond acceptors (Lipinski definition) is 3. The Labute approximate surface area is 123 Å². The lowest BCUT2D eigenvalue weighted by Crippen LogP contribution is -1.92. The van der Waals surface area contributed by atoms with Gasteiger partial charge in [0.1, 0.15) is 0 Å². The minimum Gasteiger partial charge on any atom is -0.389 e. The van der Waals surface area contributed by atoms with E-state index in [4.69, 9.17) is 0 Å². The minimum absolute atomic E-state index is 0.584. The molecule has 3 aromatic rings. The molecule has 0 saturated carbocycles. The molecule has 3 heteroatoms. The zero-order valence-corrected chi connectivity index (χ0v) is 11.8. The predicted molar refractivity (Wildman–Crippen MR) is 85.2 cm³/mol. The lowest BCUT2D eigenvalue weighted by atomic mass is 10.0. The topological polar surface area (TPSA) is 45.0 Å². The Morgan fingerprint density at radius 2 is 1.52 bits per heavy atom. The van der Waals surface area contributed by atoms with Crippen molar-refractivity contribution in [2.24, 2.45) is 10.2 Å². The molecular formula is C18H16N2O. The van der Waals surface area contributed by atoms with Crippen molar-refractivity contribution in [1.82, 2.24) is 0 Å². The van der Waals surface area contributed by atoms with Crippen LogP contribution in [0.3, 0.4) is 0 Å². The molecule has 3 nitrogen and oxygen atoms in total. The van der Waals surface area contributed by atoms with Gasteiger partial charge < -0.3 is 5.11 Å². The third kappa shape index (κ3) is 2.83. The highest BCUT2D eigenvalue weighted by Crippen LogP contribution is 2.34. The quantitative estimate of drug-likeness (QED) is 0.647. The Morgan fingerprint density at radius 1 is 0.810 bits per heavy atom. The van der Waals surface area contributed by atoms with Crippen LogP contribution in [-0.4, -0.2) is 5.11 Å². The fourth-order valence-corrected chi connectivity index (χ4v) is 2.32. The first-order chi connectivity index (χ1) is 10.3. The van der Waals surface area contributed by atoms with Gasteiger partial charge in [-0.3, -0.25) is 0 Å². The molecule has 0 amide bonds. The van der Waals surface area contributed by atoms with Gasteiger partial charge in [-0.05, 0) is 24.4 Å². The van der Waals surface area contributed by atoms with Crippen LogP contribution in [0, 0.1) is 0 Å². The number of aliphatic hydroxyl groups is 1. The maximum absolute atomic E-state index is 9.96. The van der Waals surface area contributed by atoms with Gasteiger partial charge >= 0.3 is 0 Å². The van der Waals surface area contributed by atoms with Gasteiger partial charge in [0.2, 0.25) is 0 Å². The van der Waals surface area contributed by atoms with Crippen molar-refractivity contribution in [3.8, 4) is 0 Å². The van der Waals surface area contributed by atoms with Gasteiger partial charge in [0, 0.05) is 10.9 Å². The van der Waals surface area contributed by atoms with Crippen LogP contribution in [0.25, 0.3) is 10.8 Å². The maximum Gasteiger partial charge on any atom is 0.0993 e. The molecule has 0 spiro atoms. The van der Waals surface area contributed by atoms with E-state index in [9.17, 15) is 5.11 Å². The number of nitrogens with zero attached hydrogens (tertiary/aromatic N) is 2. The van der Waals surface area contributed by atoms with Crippen LogP contribution in [0.15, 0.2) is 77.0 Å². The summed E-state index contributed by atoms with van der Waals surface area (Å²) in [4.78, 5) is 0. The van der Waals surface area contributed by atoms with Crippen LogP contribution in [0.5, 0.6) is 0 Å². The van der Waals surface area contributed by atoms with E-state index in [-0.39, 0.29) is 0 Å². The number of hydrogen-bond donors (Lipinski definition) is 1. The molecule has 0 aromatic heterocycles. The van der Waals surface area contributed by atoms with Gasteiger partial charge in [0.25, 0.3) is 0 Å². The number of azo groups is 1. The van der Waals surface area contributed by atoms with Crippen LogP contribution in [-0.2, 0) is 0 Å². The average molecular weight is 276 g/mol. The molecule has 0 bridgehead atoms. The summed E-state index contributed by atoms with van der Waals surface area (Å²) in [5, 5.41) is 20.7. The Bertz CT molecular complexity index is 780. The van der Waals surface area contributed by atoms with Crippen LogP contribution >= 0.6 is 0 Å². The maximum atomic E-state index is 9.96. The average Bonchev–Trinajstić information content (AvgIpc) is 2.53. The van der Waals surface area contributed by atoms with Gasteiger partial charge in [-0.2, -0.15) is 5.11 Å². The molecule has 0 aliphatic heterocycles. The van der Waals surface area contributed by atoms with E-state index in [1.54, 1.807) is 6.92 Å². The van der Waals surface area contributed by atoms with Crippen molar-refractivity contribution in [1.29, 1.82) is 0 Å². The molecule has 3 aromatic carbocycles. The molecule has 3 rings (SSSR count). The zero-order chi connectivity index (χ0) is 14.7. The highest BCUT2D eigenvalue weighted by molar-refractivity contribution is 5.94. The lowest BCUT2D eigenvalue weighted by Gasteiger charge is -2.10. The molecule has 0 heterocycles. The van der Waals surface area contributed by atoms with Crippen molar-refractivity contribution in [2.75, 3.05) is 0 Å².